The number of benzene rings is 3. The lowest BCUT2D eigenvalue weighted by atomic mass is 9.98. The molecular formula is C47H46N10O8. The maximum absolute atomic E-state index is 13.1. The smallest absolute Gasteiger partial charge is 0.267 e. The van der Waals surface area contributed by atoms with Gasteiger partial charge in [0.15, 0.2) is 11.6 Å². The number of nitriles is 1. The van der Waals surface area contributed by atoms with Crippen molar-refractivity contribution in [1.82, 2.24) is 40.2 Å². The normalized spacial score (nSPS) is 16.5. The highest BCUT2D eigenvalue weighted by Gasteiger charge is 2.44. The van der Waals surface area contributed by atoms with Crippen molar-refractivity contribution in [1.29, 1.82) is 5.26 Å². The SMILES string of the molecule is N#Cc1cccc(-c2ccc(=O)n(Cc3cccc(-c4ncc(OCC5CCN(CC(=O)NCCOCCNc6ccc7c(c6)C(=O)N(C6CCC(=O)NC6=O)C7=O)CC5)cn4)c3)n2)c1. The monoisotopic (exact) mass is 878 g/mol. The number of nitrogens with zero attached hydrogens (tertiary/aromatic N) is 7. The summed E-state index contributed by atoms with van der Waals surface area (Å²) in [5.74, 6) is -0.869. The minimum Gasteiger partial charge on any atom is -0.490 e. The molecule has 2 aromatic heterocycles. The zero-order valence-corrected chi connectivity index (χ0v) is 35.4. The van der Waals surface area contributed by atoms with Crippen LogP contribution in [0.5, 0.6) is 5.75 Å². The van der Waals surface area contributed by atoms with E-state index in [0.717, 1.165) is 47.5 Å². The number of hydrogen-bond donors (Lipinski definition) is 3. The second-order valence-corrected chi connectivity index (χ2v) is 16.0. The van der Waals surface area contributed by atoms with E-state index in [1.807, 2.05) is 30.3 Å². The third-order valence-corrected chi connectivity index (χ3v) is 11.4. The number of anilines is 1. The average molecular weight is 879 g/mol. The molecule has 2 saturated heterocycles. The number of carbonyl (C=O) groups is 5. The molecule has 1 atom stereocenters. The molecule has 0 saturated carbocycles. The van der Waals surface area contributed by atoms with Crippen LogP contribution in [0.1, 0.15) is 57.5 Å². The van der Waals surface area contributed by atoms with Crippen LogP contribution in [0.2, 0.25) is 0 Å². The summed E-state index contributed by atoms with van der Waals surface area (Å²) in [6.45, 7) is 4.03. The summed E-state index contributed by atoms with van der Waals surface area (Å²) in [6, 6.07) is 23.7. The molecule has 5 amide bonds. The third-order valence-electron chi connectivity index (χ3n) is 11.4. The quantitative estimate of drug-likeness (QED) is 0.0901. The standard InChI is InChI=1S/C47H46N10O8/c48-24-31-3-1-5-33(21-31)39-9-12-43(60)56(54-39)27-32-4-2-6-34(22-32)44-51-25-36(26-52-44)65-29-30-13-17-55(18-14-30)28-42(59)50-16-20-64-19-15-49-35-7-8-37-38(23-35)47(63)57(46(37)62)40-10-11-41(58)53-45(40)61/h1-9,12,21-23,25-26,30,40,49H,10-11,13-20,27-29H2,(H,50,59)(H,53,58,61). The Morgan fingerprint density at radius 2 is 1.62 bits per heavy atom. The first kappa shape index (κ1) is 44.0. The molecule has 0 bridgehead atoms. The largest absolute Gasteiger partial charge is 0.490 e. The van der Waals surface area contributed by atoms with E-state index in [2.05, 4.69) is 42.0 Å². The zero-order chi connectivity index (χ0) is 45.3. The van der Waals surface area contributed by atoms with Crippen LogP contribution in [0.4, 0.5) is 5.69 Å². The van der Waals surface area contributed by atoms with Crippen LogP contribution in [0.3, 0.4) is 0 Å². The molecule has 3 aromatic carbocycles. The van der Waals surface area contributed by atoms with Gasteiger partial charge in [-0.25, -0.2) is 14.6 Å². The Bertz CT molecular complexity index is 2710. The van der Waals surface area contributed by atoms with Gasteiger partial charge in [0, 0.05) is 42.4 Å². The number of rotatable bonds is 17. The number of hydrogen-bond acceptors (Lipinski definition) is 14. The first-order chi connectivity index (χ1) is 31.6. The Morgan fingerprint density at radius 1 is 0.846 bits per heavy atom. The highest BCUT2D eigenvalue weighted by molar-refractivity contribution is 6.23. The molecule has 5 aromatic rings. The van der Waals surface area contributed by atoms with Crippen LogP contribution in [-0.2, 0) is 25.7 Å². The van der Waals surface area contributed by atoms with Crippen molar-refractivity contribution in [2.75, 3.05) is 57.9 Å². The van der Waals surface area contributed by atoms with Crippen molar-refractivity contribution in [2.45, 2.75) is 38.3 Å². The molecule has 8 rings (SSSR count). The molecule has 65 heavy (non-hydrogen) atoms. The van der Waals surface area contributed by atoms with Crippen molar-refractivity contribution in [3.8, 4) is 34.5 Å². The molecule has 3 N–H and O–H groups in total. The number of amides is 5. The summed E-state index contributed by atoms with van der Waals surface area (Å²) in [7, 11) is 0. The van der Waals surface area contributed by atoms with E-state index in [9.17, 15) is 34.0 Å². The summed E-state index contributed by atoms with van der Waals surface area (Å²) in [4.78, 5) is 87.2. The van der Waals surface area contributed by atoms with Crippen molar-refractivity contribution in [2.24, 2.45) is 5.92 Å². The molecule has 3 aliphatic rings. The van der Waals surface area contributed by atoms with Gasteiger partial charge in [-0.05, 0) is 86.3 Å². The fourth-order valence-corrected chi connectivity index (χ4v) is 7.98. The number of nitrogens with one attached hydrogen (secondary N) is 3. The summed E-state index contributed by atoms with van der Waals surface area (Å²) in [6.07, 6.45) is 5.23. The fourth-order valence-electron chi connectivity index (χ4n) is 7.98. The minimum absolute atomic E-state index is 0.0563. The second kappa shape index (κ2) is 20.3. The van der Waals surface area contributed by atoms with E-state index in [-0.39, 0.29) is 42.0 Å². The zero-order valence-electron chi connectivity index (χ0n) is 35.4. The van der Waals surface area contributed by atoms with E-state index in [0.29, 0.717) is 73.9 Å². The van der Waals surface area contributed by atoms with E-state index in [1.165, 1.54) is 10.7 Å². The van der Waals surface area contributed by atoms with Crippen LogP contribution in [0.15, 0.2) is 96.1 Å². The number of likely N-dealkylation sites (tertiary alicyclic amines) is 1. The lowest BCUT2D eigenvalue weighted by Crippen LogP contribution is -2.54. The Balaban J connectivity index is 0.701. The van der Waals surface area contributed by atoms with Gasteiger partial charge in [-0.2, -0.15) is 10.4 Å². The lowest BCUT2D eigenvalue weighted by Gasteiger charge is -2.31. The summed E-state index contributed by atoms with van der Waals surface area (Å²) >= 11 is 0. The topological polar surface area (TPSA) is 231 Å². The molecule has 332 valence electrons. The van der Waals surface area contributed by atoms with E-state index < -0.39 is 29.7 Å². The maximum atomic E-state index is 13.1. The van der Waals surface area contributed by atoms with Crippen LogP contribution in [0.25, 0.3) is 22.6 Å². The number of fused-ring (bicyclic) bond motifs is 1. The molecular weight excluding hydrogens is 833 g/mol. The van der Waals surface area contributed by atoms with Gasteiger partial charge in [0.1, 0.15) is 6.04 Å². The van der Waals surface area contributed by atoms with E-state index in [4.69, 9.17) is 9.47 Å². The molecule has 0 spiro atoms. The van der Waals surface area contributed by atoms with Gasteiger partial charge < -0.3 is 20.1 Å². The fraction of sp³-hybridized carbons (Fsp3) is 0.319. The highest BCUT2D eigenvalue weighted by Crippen LogP contribution is 2.30. The molecule has 1 unspecified atom stereocenters. The number of imide groups is 2. The summed E-state index contributed by atoms with van der Waals surface area (Å²) in [5.41, 5.74) is 4.27. The van der Waals surface area contributed by atoms with Crippen molar-refractivity contribution in [3.05, 3.63) is 124 Å². The van der Waals surface area contributed by atoms with Crippen molar-refractivity contribution >= 4 is 35.2 Å². The van der Waals surface area contributed by atoms with E-state index >= 15 is 0 Å². The Hall–Kier alpha value is -7.62. The summed E-state index contributed by atoms with van der Waals surface area (Å²) in [5, 5.41) is 22.1. The van der Waals surface area contributed by atoms with Crippen LogP contribution in [0, 0.1) is 17.2 Å². The first-order valence-electron chi connectivity index (χ1n) is 21.4. The minimum atomic E-state index is -1.02. The highest BCUT2D eigenvalue weighted by atomic mass is 16.5. The van der Waals surface area contributed by atoms with Gasteiger partial charge in [0.25, 0.3) is 17.4 Å². The second-order valence-electron chi connectivity index (χ2n) is 16.0. The van der Waals surface area contributed by atoms with E-state index in [1.54, 1.807) is 54.9 Å². The number of ether oxygens (including phenoxy) is 2. The molecule has 5 heterocycles. The van der Waals surface area contributed by atoms with Gasteiger partial charge in [-0.3, -0.25) is 43.9 Å². The first-order valence-corrected chi connectivity index (χ1v) is 21.4. The van der Waals surface area contributed by atoms with Gasteiger partial charge in [-0.15, -0.1) is 0 Å². The Kier molecular flexibility index (Phi) is 13.7. The predicted molar refractivity (Wildman–Crippen MR) is 235 cm³/mol. The third kappa shape index (κ3) is 10.8. The van der Waals surface area contributed by atoms with Gasteiger partial charge in [0.05, 0.1) is 73.8 Å². The van der Waals surface area contributed by atoms with Gasteiger partial charge in [-0.1, -0.05) is 30.3 Å². The number of carbonyl (C=O) groups excluding carboxylic acids is 5. The maximum Gasteiger partial charge on any atom is 0.267 e. The Morgan fingerprint density at radius 3 is 2.42 bits per heavy atom. The lowest BCUT2D eigenvalue weighted by molar-refractivity contribution is -0.136. The molecule has 0 radical (unpaired) electrons. The Labute approximate surface area is 373 Å². The van der Waals surface area contributed by atoms with Gasteiger partial charge in [0.2, 0.25) is 17.7 Å². The summed E-state index contributed by atoms with van der Waals surface area (Å²) < 4.78 is 13.1. The number of piperidine rings is 2. The van der Waals surface area contributed by atoms with Gasteiger partial charge >= 0.3 is 0 Å². The van der Waals surface area contributed by atoms with Crippen molar-refractivity contribution in [3.63, 3.8) is 0 Å². The molecule has 18 nitrogen and oxygen atoms in total. The number of aromatic nitrogens is 4. The molecule has 2 fully saturated rings. The van der Waals surface area contributed by atoms with Crippen LogP contribution < -0.4 is 26.2 Å². The molecule has 18 heteroatoms. The molecule has 0 aliphatic carbocycles. The van der Waals surface area contributed by atoms with Crippen molar-refractivity contribution < 1.29 is 33.4 Å². The average Bonchev–Trinajstić information content (AvgIpc) is 3.56. The predicted octanol–water partition coefficient (Wildman–Crippen LogP) is 3.02. The van der Waals surface area contributed by atoms with Crippen LogP contribution >= 0.6 is 0 Å². The molecule has 3 aliphatic heterocycles. The van der Waals surface area contributed by atoms with Crippen LogP contribution in [-0.4, -0.2) is 118 Å².